The first-order valence-electron chi connectivity index (χ1n) is 5.68. The highest BCUT2D eigenvalue weighted by Gasteiger charge is 2.19. The monoisotopic (exact) mass is 256 g/mol. The first-order valence-corrected chi connectivity index (χ1v) is 6.06. The number of carbonyl (C=O) groups is 1. The van der Waals surface area contributed by atoms with E-state index in [1.54, 1.807) is 6.07 Å². The number of hydrogen-bond acceptors (Lipinski definition) is 3. The van der Waals surface area contributed by atoms with E-state index < -0.39 is 6.29 Å². The molecule has 0 fully saturated rings. The Labute approximate surface area is 107 Å². The van der Waals surface area contributed by atoms with Gasteiger partial charge in [0.1, 0.15) is 0 Å². The Hall–Kier alpha value is -0.900. The smallest absolute Gasteiger partial charge is 0.218 e. The molecule has 0 atom stereocenters. The Morgan fingerprint density at radius 3 is 2.35 bits per heavy atom. The number of ether oxygens (including phenoxy) is 2. The van der Waals surface area contributed by atoms with Crippen molar-refractivity contribution in [2.75, 3.05) is 13.2 Å². The maximum absolute atomic E-state index is 11.9. The van der Waals surface area contributed by atoms with Gasteiger partial charge in [0, 0.05) is 24.7 Å². The minimum atomic E-state index is -0.790. The normalized spacial score (nSPS) is 10.8. The number of benzene rings is 1. The van der Waals surface area contributed by atoms with Crippen LogP contribution in [0.3, 0.4) is 0 Å². The van der Waals surface area contributed by atoms with Crippen LogP contribution in [-0.2, 0) is 20.7 Å². The van der Waals surface area contributed by atoms with Crippen molar-refractivity contribution in [3.05, 3.63) is 34.9 Å². The minimum Gasteiger partial charge on any atom is -0.346 e. The van der Waals surface area contributed by atoms with E-state index in [-0.39, 0.29) is 12.2 Å². The summed E-state index contributed by atoms with van der Waals surface area (Å²) in [7, 11) is 0. The van der Waals surface area contributed by atoms with Crippen molar-refractivity contribution in [1.82, 2.24) is 0 Å². The van der Waals surface area contributed by atoms with E-state index in [4.69, 9.17) is 21.1 Å². The number of halogens is 1. The second-order valence-electron chi connectivity index (χ2n) is 3.48. The maximum atomic E-state index is 11.9. The largest absolute Gasteiger partial charge is 0.346 e. The van der Waals surface area contributed by atoms with Crippen molar-refractivity contribution < 1.29 is 14.3 Å². The first-order chi connectivity index (χ1) is 8.19. The topological polar surface area (TPSA) is 35.5 Å². The zero-order chi connectivity index (χ0) is 12.7. The summed E-state index contributed by atoms with van der Waals surface area (Å²) in [6.07, 6.45) is -0.564. The van der Waals surface area contributed by atoms with E-state index in [1.165, 1.54) is 0 Å². The zero-order valence-electron chi connectivity index (χ0n) is 10.1. The van der Waals surface area contributed by atoms with Gasteiger partial charge in [-0.2, -0.15) is 0 Å². The van der Waals surface area contributed by atoms with E-state index in [0.29, 0.717) is 18.2 Å². The van der Waals surface area contributed by atoms with Crippen molar-refractivity contribution in [1.29, 1.82) is 0 Å². The molecule has 0 aliphatic rings. The van der Waals surface area contributed by atoms with Crippen molar-refractivity contribution >= 4 is 17.4 Å². The van der Waals surface area contributed by atoms with Gasteiger partial charge in [-0.3, -0.25) is 4.79 Å². The van der Waals surface area contributed by atoms with Gasteiger partial charge in [0.05, 0.1) is 0 Å². The van der Waals surface area contributed by atoms with Crippen LogP contribution in [0.4, 0.5) is 0 Å². The highest BCUT2D eigenvalue weighted by atomic mass is 35.5. The Bertz CT molecular complexity index is 359. The van der Waals surface area contributed by atoms with E-state index in [9.17, 15) is 4.79 Å². The molecular weight excluding hydrogens is 240 g/mol. The van der Waals surface area contributed by atoms with Crippen LogP contribution in [0.2, 0.25) is 5.02 Å². The average molecular weight is 257 g/mol. The SMILES string of the molecule is CCOC(OCC)C(=O)Cc1ccccc1Cl. The van der Waals surface area contributed by atoms with Crippen LogP contribution in [-0.4, -0.2) is 25.3 Å². The lowest BCUT2D eigenvalue weighted by atomic mass is 10.1. The van der Waals surface area contributed by atoms with Crippen LogP contribution < -0.4 is 0 Å². The highest BCUT2D eigenvalue weighted by Crippen LogP contribution is 2.16. The molecular formula is C13H17ClO3. The van der Waals surface area contributed by atoms with Gasteiger partial charge in [-0.25, -0.2) is 0 Å². The number of ketones is 1. The molecule has 3 nitrogen and oxygen atoms in total. The van der Waals surface area contributed by atoms with E-state index >= 15 is 0 Å². The van der Waals surface area contributed by atoms with Crippen LogP contribution in [0.1, 0.15) is 19.4 Å². The van der Waals surface area contributed by atoms with E-state index in [0.717, 1.165) is 5.56 Å². The van der Waals surface area contributed by atoms with Gasteiger partial charge in [-0.1, -0.05) is 29.8 Å². The van der Waals surface area contributed by atoms with Gasteiger partial charge in [0.15, 0.2) is 5.78 Å². The molecule has 1 aromatic carbocycles. The molecule has 0 amide bonds. The molecule has 0 unspecified atom stereocenters. The average Bonchev–Trinajstić information content (AvgIpc) is 2.32. The summed E-state index contributed by atoms with van der Waals surface area (Å²) in [4.78, 5) is 11.9. The lowest BCUT2D eigenvalue weighted by Crippen LogP contribution is -2.29. The molecule has 0 aromatic heterocycles. The minimum absolute atomic E-state index is 0.109. The molecule has 0 N–H and O–H groups in total. The lowest BCUT2D eigenvalue weighted by Gasteiger charge is -2.15. The predicted molar refractivity (Wildman–Crippen MR) is 67.2 cm³/mol. The van der Waals surface area contributed by atoms with E-state index in [1.807, 2.05) is 32.0 Å². The third kappa shape index (κ3) is 4.46. The van der Waals surface area contributed by atoms with Gasteiger partial charge in [-0.05, 0) is 25.5 Å². The van der Waals surface area contributed by atoms with Crippen LogP contribution in [0.15, 0.2) is 24.3 Å². The fraction of sp³-hybridized carbons (Fsp3) is 0.462. The van der Waals surface area contributed by atoms with E-state index in [2.05, 4.69) is 0 Å². The number of rotatable bonds is 7. The summed E-state index contributed by atoms with van der Waals surface area (Å²) in [5.41, 5.74) is 0.795. The first kappa shape index (κ1) is 14.2. The number of carbonyl (C=O) groups excluding carboxylic acids is 1. The van der Waals surface area contributed by atoms with Crippen LogP contribution >= 0.6 is 11.6 Å². The molecule has 4 heteroatoms. The molecule has 17 heavy (non-hydrogen) atoms. The fourth-order valence-electron chi connectivity index (χ4n) is 1.45. The van der Waals surface area contributed by atoms with Gasteiger partial charge >= 0.3 is 0 Å². The van der Waals surface area contributed by atoms with Crippen molar-refractivity contribution in [2.45, 2.75) is 26.6 Å². The Kier molecular flexibility index (Phi) is 6.19. The van der Waals surface area contributed by atoms with Crippen LogP contribution in [0.25, 0.3) is 0 Å². The van der Waals surface area contributed by atoms with Crippen LogP contribution in [0.5, 0.6) is 0 Å². The van der Waals surface area contributed by atoms with Crippen molar-refractivity contribution in [3.8, 4) is 0 Å². The van der Waals surface area contributed by atoms with Crippen LogP contribution in [0, 0.1) is 0 Å². The number of hydrogen-bond donors (Lipinski definition) is 0. The molecule has 0 bridgehead atoms. The zero-order valence-corrected chi connectivity index (χ0v) is 10.9. The number of Topliss-reactive ketones (excluding diaryl/α,β-unsaturated/α-hetero) is 1. The van der Waals surface area contributed by atoms with Gasteiger partial charge < -0.3 is 9.47 Å². The van der Waals surface area contributed by atoms with Gasteiger partial charge in [0.2, 0.25) is 6.29 Å². The maximum Gasteiger partial charge on any atom is 0.218 e. The predicted octanol–water partition coefficient (Wildman–Crippen LogP) is 2.85. The van der Waals surface area contributed by atoms with Crippen molar-refractivity contribution in [3.63, 3.8) is 0 Å². The second-order valence-corrected chi connectivity index (χ2v) is 3.88. The Morgan fingerprint density at radius 1 is 1.24 bits per heavy atom. The van der Waals surface area contributed by atoms with Gasteiger partial charge in [-0.15, -0.1) is 0 Å². The molecule has 0 heterocycles. The summed E-state index contributed by atoms with van der Waals surface area (Å²) in [5, 5.41) is 0.590. The summed E-state index contributed by atoms with van der Waals surface area (Å²) in [6, 6.07) is 7.28. The second kappa shape index (κ2) is 7.43. The summed E-state index contributed by atoms with van der Waals surface area (Å²) < 4.78 is 10.5. The summed E-state index contributed by atoms with van der Waals surface area (Å²) in [6.45, 7) is 4.54. The Morgan fingerprint density at radius 2 is 1.82 bits per heavy atom. The lowest BCUT2D eigenvalue weighted by molar-refractivity contribution is -0.167. The van der Waals surface area contributed by atoms with Gasteiger partial charge in [0.25, 0.3) is 0 Å². The molecule has 0 aliphatic carbocycles. The fourth-order valence-corrected chi connectivity index (χ4v) is 1.65. The standard InChI is InChI=1S/C13H17ClO3/c1-3-16-13(17-4-2)12(15)9-10-7-5-6-8-11(10)14/h5-8,13H,3-4,9H2,1-2H3. The quantitative estimate of drug-likeness (QED) is 0.704. The molecule has 0 aliphatic heterocycles. The molecule has 0 spiro atoms. The molecule has 0 radical (unpaired) electrons. The molecule has 0 saturated carbocycles. The van der Waals surface area contributed by atoms with Crippen molar-refractivity contribution in [2.24, 2.45) is 0 Å². The summed E-state index contributed by atoms with van der Waals surface area (Å²) >= 11 is 5.99. The third-order valence-electron chi connectivity index (χ3n) is 2.22. The third-order valence-corrected chi connectivity index (χ3v) is 2.59. The molecule has 1 rings (SSSR count). The molecule has 94 valence electrons. The molecule has 0 saturated heterocycles. The Balaban J connectivity index is 2.66. The molecule has 1 aromatic rings. The summed E-state index contributed by atoms with van der Waals surface area (Å²) in [5.74, 6) is -0.109. The highest BCUT2D eigenvalue weighted by molar-refractivity contribution is 6.31.